The first-order valence-electron chi connectivity index (χ1n) is 4.97. The summed E-state index contributed by atoms with van der Waals surface area (Å²) in [6.07, 6.45) is 1.59. The lowest BCUT2D eigenvalue weighted by Crippen LogP contribution is -2.51. The van der Waals surface area contributed by atoms with Gasteiger partial charge in [0.15, 0.2) is 0 Å². The van der Waals surface area contributed by atoms with Crippen LogP contribution in [-0.4, -0.2) is 24.8 Å². The minimum absolute atomic E-state index is 0.418. The third-order valence-corrected chi connectivity index (χ3v) is 2.37. The third-order valence-electron chi connectivity index (χ3n) is 2.37. The van der Waals surface area contributed by atoms with Crippen molar-refractivity contribution in [3.8, 4) is 0 Å². The van der Waals surface area contributed by atoms with E-state index >= 15 is 0 Å². The molecule has 1 aliphatic heterocycles. The van der Waals surface area contributed by atoms with Gasteiger partial charge in [-0.2, -0.15) is 0 Å². The van der Waals surface area contributed by atoms with Gasteiger partial charge in [0.05, 0.1) is 12.7 Å². The average molecular weight is 171 g/mol. The lowest BCUT2D eigenvalue weighted by atomic mass is 9.99. The Morgan fingerprint density at radius 3 is 2.58 bits per heavy atom. The Kier molecular flexibility index (Phi) is 3.53. The Bertz CT molecular complexity index is 136. The van der Waals surface area contributed by atoms with Gasteiger partial charge >= 0.3 is 0 Å². The van der Waals surface area contributed by atoms with Crippen molar-refractivity contribution in [2.75, 3.05) is 6.61 Å². The van der Waals surface area contributed by atoms with E-state index in [4.69, 9.17) is 4.74 Å². The smallest absolute Gasteiger partial charge is 0.0728 e. The van der Waals surface area contributed by atoms with Crippen LogP contribution >= 0.6 is 0 Å². The van der Waals surface area contributed by atoms with E-state index in [-0.39, 0.29) is 0 Å². The molecule has 0 aliphatic carbocycles. The topological polar surface area (TPSA) is 21.3 Å². The second-order valence-corrected chi connectivity index (χ2v) is 4.36. The molecule has 1 heterocycles. The number of ether oxygens (including phenoxy) is 1. The van der Waals surface area contributed by atoms with Crippen molar-refractivity contribution in [2.45, 2.75) is 52.3 Å². The maximum atomic E-state index is 5.75. The molecule has 0 bridgehead atoms. The first-order chi connectivity index (χ1) is 5.59. The summed E-state index contributed by atoms with van der Waals surface area (Å²) in [6, 6.07) is 1.03. The van der Waals surface area contributed by atoms with Crippen molar-refractivity contribution >= 4 is 0 Å². The summed E-state index contributed by atoms with van der Waals surface area (Å²) in [5, 5.41) is 3.51. The number of morpholine rings is 1. The van der Waals surface area contributed by atoms with Crippen LogP contribution in [0.4, 0.5) is 0 Å². The van der Waals surface area contributed by atoms with Crippen LogP contribution in [0.1, 0.15) is 34.1 Å². The summed E-state index contributed by atoms with van der Waals surface area (Å²) < 4.78 is 5.75. The zero-order valence-electron chi connectivity index (χ0n) is 8.63. The lowest BCUT2D eigenvalue weighted by Gasteiger charge is -2.35. The van der Waals surface area contributed by atoms with Gasteiger partial charge in [-0.15, -0.1) is 0 Å². The lowest BCUT2D eigenvalue weighted by molar-refractivity contribution is -0.0291. The van der Waals surface area contributed by atoms with Crippen LogP contribution in [0.5, 0.6) is 0 Å². The minimum Gasteiger partial charge on any atom is -0.375 e. The van der Waals surface area contributed by atoms with E-state index in [0.717, 1.165) is 12.5 Å². The Morgan fingerprint density at radius 1 is 1.42 bits per heavy atom. The molecule has 1 N–H and O–H groups in total. The molecule has 12 heavy (non-hydrogen) atoms. The second kappa shape index (κ2) is 4.24. The molecule has 1 fully saturated rings. The highest BCUT2D eigenvalue weighted by atomic mass is 16.5. The molecule has 1 aliphatic rings. The summed E-state index contributed by atoms with van der Waals surface area (Å²) in [6.45, 7) is 9.73. The van der Waals surface area contributed by atoms with Crippen molar-refractivity contribution < 1.29 is 4.74 Å². The minimum atomic E-state index is 0.418. The third kappa shape index (κ3) is 2.76. The summed E-state index contributed by atoms with van der Waals surface area (Å²) in [7, 11) is 0. The SMILES string of the molecule is CC(C)C[C@@H]1OCC(C)NC1C. The summed E-state index contributed by atoms with van der Waals surface area (Å²) >= 11 is 0. The van der Waals surface area contributed by atoms with Crippen molar-refractivity contribution in [2.24, 2.45) is 5.92 Å². The molecule has 1 saturated heterocycles. The first-order valence-corrected chi connectivity index (χ1v) is 4.97. The fraction of sp³-hybridized carbons (Fsp3) is 1.00. The monoisotopic (exact) mass is 171 g/mol. The summed E-state index contributed by atoms with van der Waals surface area (Å²) in [4.78, 5) is 0. The zero-order chi connectivity index (χ0) is 9.14. The highest BCUT2D eigenvalue weighted by Crippen LogP contribution is 2.15. The first kappa shape index (κ1) is 10.0. The molecular weight excluding hydrogens is 150 g/mol. The van der Waals surface area contributed by atoms with Crippen LogP contribution in [0.2, 0.25) is 0 Å². The van der Waals surface area contributed by atoms with E-state index in [1.807, 2.05) is 0 Å². The Morgan fingerprint density at radius 2 is 2.08 bits per heavy atom. The quantitative estimate of drug-likeness (QED) is 0.684. The highest BCUT2D eigenvalue weighted by Gasteiger charge is 2.25. The van der Waals surface area contributed by atoms with Crippen LogP contribution in [-0.2, 0) is 4.74 Å². The molecule has 3 atom stereocenters. The molecular formula is C10H21NO. The molecule has 0 aromatic rings. The molecule has 2 unspecified atom stereocenters. The van der Waals surface area contributed by atoms with Crippen LogP contribution < -0.4 is 5.32 Å². The van der Waals surface area contributed by atoms with Gasteiger partial charge in [0.1, 0.15) is 0 Å². The van der Waals surface area contributed by atoms with E-state index in [2.05, 4.69) is 33.0 Å². The Labute approximate surface area is 75.7 Å². The van der Waals surface area contributed by atoms with Crippen molar-refractivity contribution in [3.63, 3.8) is 0 Å². The fourth-order valence-electron chi connectivity index (χ4n) is 1.75. The molecule has 0 saturated carbocycles. The number of hydrogen-bond acceptors (Lipinski definition) is 2. The van der Waals surface area contributed by atoms with E-state index in [1.54, 1.807) is 0 Å². The highest BCUT2D eigenvalue weighted by molar-refractivity contribution is 4.81. The van der Waals surface area contributed by atoms with E-state index in [1.165, 1.54) is 6.42 Å². The molecule has 0 amide bonds. The molecule has 0 aromatic carbocycles. The Hall–Kier alpha value is -0.0800. The van der Waals surface area contributed by atoms with E-state index in [0.29, 0.717) is 18.2 Å². The van der Waals surface area contributed by atoms with Gasteiger partial charge in [0, 0.05) is 12.1 Å². The Balaban J connectivity index is 2.34. The van der Waals surface area contributed by atoms with Crippen molar-refractivity contribution in [1.29, 1.82) is 0 Å². The van der Waals surface area contributed by atoms with Crippen LogP contribution in [0, 0.1) is 5.92 Å². The van der Waals surface area contributed by atoms with Crippen molar-refractivity contribution in [1.82, 2.24) is 5.32 Å². The second-order valence-electron chi connectivity index (χ2n) is 4.36. The number of rotatable bonds is 2. The summed E-state index contributed by atoms with van der Waals surface area (Å²) in [5.41, 5.74) is 0. The van der Waals surface area contributed by atoms with Gasteiger partial charge in [-0.25, -0.2) is 0 Å². The molecule has 0 spiro atoms. The molecule has 2 heteroatoms. The van der Waals surface area contributed by atoms with E-state index < -0.39 is 0 Å². The zero-order valence-corrected chi connectivity index (χ0v) is 8.63. The standard InChI is InChI=1S/C10H21NO/c1-7(2)5-10-9(4)11-8(3)6-12-10/h7-11H,5-6H2,1-4H3/t8?,9?,10-/m0/s1. The maximum absolute atomic E-state index is 5.75. The van der Waals surface area contributed by atoms with Crippen LogP contribution in [0.3, 0.4) is 0 Å². The van der Waals surface area contributed by atoms with Crippen molar-refractivity contribution in [3.05, 3.63) is 0 Å². The van der Waals surface area contributed by atoms with Gasteiger partial charge in [0.25, 0.3) is 0 Å². The number of hydrogen-bond donors (Lipinski definition) is 1. The summed E-state index contributed by atoms with van der Waals surface area (Å²) in [5.74, 6) is 0.729. The predicted octanol–water partition coefficient (Wildman–Crippen LogP) is 1.80. The van der Waals surface area contributed by atoms with Crippen LogP contribution in [0.15, 0.2) is 0 Å². The van der Waals surface area contributed by atoms with Crippen LogP contribution in [0.25, 0.3) is 0 Å². The van der Waals surface area contributed by atoms with Gasteiger partial charge in [0.2, 0.25) is 0 Å². The molecule has 0 radical (unpaired) electrons. The maximum Gasteiger partial charge on any atom is 0.0728 e. The molecule has 2 nitrogen and oxygen atoms in total. The van der Waals surface area contributed by atoms with Gasteiger partial charge in [-0.3, -0.25) is 0 Å². The van der Waals surface area contributed by atoms with Gasteiger partial charge in [-0.1, -0.05) is 13.8 Å². The largest absolute Gasteiger partial charge is 0.375 e. The molecule has 72 valence electrons. The van der Waals surface area contributed by atoms with Gasteiger partial charge < -0.3 is 10.1 Å². The predicted molar refractivity (Wildman–Crippen MR) is 51.3 cm³/mol. The molecule has 1 rings (SSSR count). The average Bonchev–Trinajstić information content (AvgIpc) is 1.94. The van der Waals surface area contributed by atoms with E-state index in [9.17, 15) is 0 Å². The molecule has 0 aromatic heterocycles. The normalized spacial score (nSPS) is 37.2. The number of nitrogens with one attached hydrogen (secondary N) is 1. The van der Waals surface area contributed by atoms with Gasteiger partial charge in [-0.05, 0) is 26.2 Å². The fourth-order valence-corrected chi connectivity index (χ4v) is 1.75.